The van der Waals surface area contributed by atoms with E-state index in [1.807, 2.05) is 19.1 Å². The number of nitrogens with zero attached hydrogens (tertiary/aromatic N) is 1. The quantitative estimate of drug-likeness (QED) is 0.296. The molecule has 0 heterocycles. The molecule has 0 spiro atoms. The minimum atomic E-state index is -0.0568. The summed E-state index contributed by atoms with van der Waals surface area (Å²) in [4.78, 5) is 4.55. The number of hydrogen-bond acceptors (Lipinski definition) is 2. The van der Waals surface area contributed by atoms with Gasteiger partial charge in [0.05, 0.1) is 6.04 Å². The van der Waals surface area contributed by atoms with Crippen LogP contribution in [0.15, 0.2) is 23.2 Å². The molecule has 142 valence electrons. The molecule has 4 nitrogen and oxygen atoms in total. The van der Waals surface area contributed by atoms with Gasteiger partial charge in [-0.1, -0.05) is 48.5 Å². The summed E-state index contributed by atoms with van der Waals surface area (Å²) in [7, 11) is 0. The minimum Gasteiger partial charge on any atom is -0.396 e. The van der Waals surface area contributed by atoms with Gasteiger partial charge in [0.2, 0.25) is 0 Å². The first-order chi connectivity index (χ1) is 11.5. The predicted octanol–water partition coefficient (Wildman–Crippen LogP) is 4.91. The molecule has 2 rings (SSSR count). The SMILES string of the molecule is CC(NC(N)=NCC1(CCO)CCCCC1)c1ccc(Cl)cc1Cl.I. The van der Waals surface area contributed by atoms with Gasteiger partial charge in [0, 0.05) is 23.2 Å². The lowest BCUT2D eigenvalue weighted by Gasteiger charge is -2.35. The van der Waals surface area contributed by atoms with Crippen molar-refractivity contribution in [2.75, 3.05) is 13.2 Å². The van der Waals surface area contributed by atoms with E-state index >= 15 is 0 Å². The fraction of sp³-hybridized carbons (Fsp3) is 0.611. The van der Waals surface area contributed by atoms with E-state index in [1.165, 1.54) is 19.3 Å². The Bertz CT molecular complexity index is 572. The van der Waals surface area contributed by atoms with Crippen molar-refractivity contribution < 1.29 is 5.11 Å². The number of hydrogen-bond donors (Lipinski definition) is 3. The normalized spacial score (nSPS) is 18.3. The predicted molar refractivity (Wildman–Crippen MR) is 117 cm³/mol. The average Bonchev–Trinajstić information content (AvgIpc) is 2.54. The molecule has 25 heavy (non-hydrogen) atoms. The van der Waals surface area contributed by atoms with Crippen molar-refractivity contribution in [3.63, 3.8) is 0 Å². The fourth-order valence-electron chi connectivity index (χ4n) is 3.48. The van der Waals surface area contributed by atoms with Gasteiger partial charge in [-0.3, -0.25) is 4.99 Å². The summed E-state index contributed by atoms with van der Waals surface area (Å²) in [6.07, 6.45) is 6.71. The fourth-order valence-corrected chi connectivity index (χ4v) is 4.05. The number of rotatable bonds is 6. The van der Waals surface area contributed by atoms with Crippen LogP contribution in [0, 0.1) is 5.41 Å². The number of guanidine groups is 1. The molecule has 0 aromatic heterocycles. The van der Waals surface area contributed by atoms with Gasteiger partial charge in [-0.25, -0.2) is 0 Å². The van der Waals surface area contributed by atoms with Crippen molar-refractivity contribution in [3.05, 3.63) is 33.8 Å². The van der Waals surface area contributed by atoms with E-state index in [4.69, 9.17) is 28.9 Å². The Morgan fingerprint density at radius 2 is 2.00 bits per heavy atom. The van der Waals surface area contributed by atoms with Crippen LogP contribution in [0.3, 0.4) is 0 Å². The maximum atomic E-state index is 9.38. The highest BCUT2D eigenvalue weighted by molar-refractivity contribution is 14.0. The van der Waals surface area contributed by atoms with Gasteiger partial charge in [-0.2, -0.15) is 0 Å². The second-order valence-electron chi connectivity index (χ2n) is 6.77. The number of aliphatic hydroxyl groups excluding tert-OH is 1. The topological polar surface area (TPSA) is 70.6 Å². The Morgan fingerprint density at radius 1 is 1.32 bits per heavy atom. The maximum Gasteiger partial charge on any atom is 0.189 e. The second kappa shape index (κ2) is 10.8. The molecule has 1 aliphatic rings. The summed E-state index contributed by atoms with van der Waals surface area (Å²) in [5.41, 5.74) is 7.10. The lowest BCUT2D eigenvalue weighted by molar-refractivity contribution is 0.137. The molecule has 0 bridgehead atoms. The first-order valence-electron chi connectivity index (χ1n) is 8.58. The van der Waals surface area contributed by atoms with Gasteiger partial charge in [0.15, 0.2) is 5.96 Å². The Hall–Kier alpha value is -0.240. The highest BCUT2D eigenvalue weighted by Crippen LogP contribution is 2.39. The average molecular weight is 500 g/mol. The Morgan fingerprint density at radius 3 is 2.60 bits per heavy atom. The molecule has 1 aromatic carbocycles. The summed E-state index contributed by atoms with van der Waals surface area (Å²) in [6.45, 7) is 2.86. The number of aliphatic hydroxyl groups is 1. The monoisotopic (exact) mass is 499 g/mol. The lowest BCUT2D eigenvalue weighted by Crippen LogP contribution is -2.36. The van der Waals surface area contributed by atoms with Crippen molar-refractivity contribution in [3.8, 4) is 0 Å². The molecule has 1 unspecified atom stereocenters. The summed E-state index contributed by atoms with van der Waals surface area (Å²) >= 11 is 12.2. The van der Waals surface area contributed by atoms with Crippen LogP contribution in [-0.2, 0) is 0 Å². The first-order valence-corrected chi connectivity index (χ1v) is 9.34. The molecule has 0 saturated heterocycles. The molecule has 1 fully saturated rings. The number of aliphatic imine (C=N–C) groups is 1. The number of nitrogens with one attached hydrogen (secondary N) is 1. The minimum absolute atomic E-state index is 0. The van der Waals surface area contributed by atoms with E-state index in [9.17, 15) is 5.11 Å². The zero-order chi connectivity index (χ0) is 17.6. The first kappa shape index (κ1) is 22.8. The summed E-state index contributed by atoms with van der Waals surface area (Å²) < 4.78 is 0. The molecule has 1 aliphatic carbocycles. The van der Waals surface area contributed by atoms with Crippen LogP contribution in [0.4, 0.5) is 0 Å². The second-order valence-corrected chi connectivity index (χ2v) is 7.61. The number of halogens is 3. The van der Waals surface area contributed by atoms with Gasteiger partial charge in [0.25, 0.3) is 0 Å². The molecule has 1 aromatic rings. The molecule has 4 N–H and O–H groups in total. The third-order valence-electron chi connectivity index (χ3n) is 4.93. The molecule has 7 heteroatoms. The van der Waals surface area contributed by atoms with E-state index in [0.29, 0.717) is 22.5 Å². The van der Waals surface area contributed by atoms with E-state index < -0.39 is 0 Å². The van der Waals surface area contributed by atoms with Crippen LogP contribution >= 0.6 is 47.2 Å². The van der Waals surface area contributed by atoms with Crippen molar-refractivity contribution in [1.82, 2.24) is 5.32 Å². The lowest BCUT2D eigenvalue weighted by atomic mass is 9.72. The standard InChI is InChI=1S/C18H27Cl2N3O.HI/c1-13(15-6-5-14(19)11-16(15)20)23-17(21)22-12-18(9-10-24)7-3-2-4-8-18;/h5-6,11,13,24H,2-4,7-10,12H2,1H3,(H3,21,22,23);1H. The smallest absolute Gasteiger partial charge is 0.189 e. The van der Waals surface area contributed by atoms with Crippen LogP contribution in [0.1, 0.15) is 57.1 Å². The van der Waals surface area contributed by atoms with Crippen molar-refractivity contribution in [2.24, 2.45) is 16.1 Å². The molecular weight excluding hydrogens is 472 g/mol. The van der Waals surface area contributed by atoms with E-state index in [-0.39, 0.29) is 42.0 Å². The molecule has 0 radical (unpaired) electrons. The van der Waals surface area contributed by atoms with Gasteiger partial charge in [0.1, 0.15) is 0 Å². The summed E-state index contributed by atoms with van der Waals surface area (Å²) in [5.74, 6) is 0.413. The van der Waals surface area contributed by atoms with Gasteiger partial charge >= 0.3 is 0 Å². The molecule has 0 aliphatic heterocycles. The zero-order valence-electron chi connectivity index (χ0n) is 14.6. The van der Waals surface area contributed by atoms with Crippen LogP contribution in [0.5, 0.6) is 0 Å². The number of benzene rings is 1. The van der Waals surface area contributed by atoms with E-state index in [0.717, 1.165) is 24.8 Å². The van der Waals surface area contributed by atoms with Gasteiger partial charge in [-0.15, -0.1) is 24.0 Å². The highest BCUT2D eigenvalue weighted by atomic mass is 127. The maximum absolute atomic E-state index is 9.38. The third kappa shape index (κ3) is 6.77. The Kier molecular flexibility index (Phi) is 9.85. The molecule has 1 atom stereocenters. The van der Waals surface area contributed by atoms with Crippen molar-refractivity contribution in [2.45, 2.75) is 51.5 Å². The molecule has 0 amide bonds. The van der Waals surface area contributed by atoms with E-state index in [2.05, 4.69) is 10.3 Å². The summed E-state index contributed by atoms with van der Waals surface area (Å²) in [5, 5.41) is 13.8. The van der Waals surface area contributed by atoms with Crippen LogP contribution < -0.4 is 11.1 Å². The summed E-state index contributed by atoms with van der Waals surface area (Å²) in [6, 6.07) is 5.37. The largest absolute Gasteiger partial charge is 0.396 e. The van der Waals surface area contributed by atoms with E-state index in [1.54, 1.807) is 6.07 Å². The van der Waals surface area contributed by atoms with Crippen molar-refractivity contribution >= 4 is 53.1 Å². The van der Waals surface area contributed by atoms with Crippen LogP contribution in [0.25, 0.3) is 0 Å². The van der Waals surface area contributed by atoms with Crippen LogP contribution in [-0.4, -0.2) is 24.2 Å². The highest BCUT2D eigenvalue weighted by Gasteiger charge is 2.31. The van der Waals surface area contributed by atoms with Gasteiger partial charge in [-0.05, 0) is 49.3 Å². The van der Waals surface area contributed by atoms with Crippen molar-refractivity contribution in [1.29, 1.82) is 0 Å². The third-order valence-corrected chi connectivity index (χ3v) is 5.50. The zero-order valence-corrected chi connectivity index (χ0v) is 18.4. The van der Waals surface area contributed by atoms with Crippen LogP contribution in [0.2, 0.25) is 10.0 Å². The Labute approximate surface area is 177 Å². The van der Waals surface area contributed by atoms with Gasteiger partial charge < -0.3 is 16.2 Å². The molecule has 1 saturated carbocycles. The Balaban J connectivity index is 0.00000312. The number of nitrogens with two attached hydrogens (primary N) is 1. The molecular formula is C18H28Cl2IN3O.